The van der Waals surface area contributed by atoms with Crippen LogP contribution in [0.4, 0.5) is 0 Å². The molecule has 0 aliphatic heterocycles. The molecule has 0 aromatic rings. The van der Waals surface area contributed by atoms with E-state index in [9.17, 15) is 14.4 Å². The fourth-order valence-corrected chi connectivity index (χ4v) is 1.49. The normalized spacial score (nSPS) is 17.7. The molecule has 0 radical (unpaired) electrons. The molecular formula is C12H17N3O3. The van der Waals surface area contributed by atoms with Gasteiger partial charge in [-0.05, 0) is 12.5 Å². The summed E-state index contributed by atoms with van der Waals surface area (Å²) in [7, 11) is 0. The third kappa shape index (κ3) is 5.29. The molecule has 0 fully saturated rings. The van der Waals surface area contributed by atoms with Gasteiger partial charge in [-0.25, -0.2) is 0 Å². The molecule has 0 aromatic carbocycles. The van der Waals surface area contributed by atoms with Crippen molar-refractivity contribution in [2.24, 2.45) is 0 Å². The van der Waals surface area contributed by atoms with Gasteiger partial charge in [-0.2, -0.15) is 0 Å². The van der Waals surface area contributed by atoms with E-state index in [1.54, 1.807) is 6.08 Å². The molecule has 98 valence electrons. The Morgan fingerprint density at radius 3 is 2.50 bits per heavy atom. The van der Waals surface area contributed by atoms with E-state index in [1.165, 1.54) is 13.8 Å². The Morgan fingerprint density at radius 1 is 1.28 bits per heavy atom. The lowest BCUT2D eigenvalue weighted by Gasteiger charge is -2.17. The van der Waals surface area contributed by atoms with Gasteiger partial charge in [0, 0.05) is 19.5 Å². The highest BCUT2D eigenvalue weighted by atomic mass is 16.2. The average Bonchev–Trinajstić information content (AvgIpc) is 2.28. The lowest BCUT2D eigenvalue weighted by Crippen LogP contribution is -2.36. The zero-order valence-electron chi connectivity index (χ0n) is 10.4. The van der Waals surface area contributed by atoms with Gasteiger partial charge >= 0.3 is 0 Å². The summed E-state index contributed by atoms with van der Waals surface area (Å²) in [6.45, 7) is 2.77. The highest BCUT2D eigenvalue weighted by Crippen LogP contribution is 2.08. The lowest BCUT2D eigenvalue weighted by atomic mass is 10.1. The Bertz CT molecular complexity index is 413. The maximum Gasteiger partial charge on any atom is 0.243 e. The van der Waals surface area contributed by atoms with E-state index in [0.717, 1.165) is 0 Å². The Kier molecular flexibility index (Phi) is 5.10. The Hall–Kier alpha value is -2.11. The smallest absolute Gasteiger partial charge is 0.243 e. The number of hydrogen-bond acceptors (Lipinski definition) is 3. The highest BCUT2D eigenvalue weighted by molar-refractivity contribution is 5.85. The van der Waals surface area contributed by atoms with Crippen molar-refractivity contribution in [2.45, 2.75) is 26.3 Å². The maximum absolute atomic E-state index is 11.4. The highest BCUT2D eigenvalue weighted by Gasteiger charge is 2.11. The summed E-state index contributed by atoms with van der Waals surface area (Å²) in [6, 6.07) is -0.0292. The number of nitrogens with one attached hydrogen (secondary N) is 3. The van der Waals surface area contributed by atoms with Gasteiger partial charge in [-0.15, -0.1) is 0 Å². The van der Waals surface area contributed by atoms with Crippen LogP contribution in [0.2, 0.25) is 0 Å². The molecule has 0 heterocycles. The standard InChI is InChI=1S/C12H17N3O3/c1-8(16)13-7-12(18)15-11-5-3-10(4-6-11)14-9(2)17/h3,5-6,10H,4,7H2,1-2H3,(H,13,16)(H,14,17)(H,15,18). The molecule has 6 nitrogen and oxygen atoms in total. The number of allylic oxidation sites excluding steroid dienone is 1. The van der Waals surface area contributed by atoms with Crippen LogP contribution in [0.1, 0.15) is 20.3 Å². The van der Waals surface area contributed by atoms with Gasteiger partial charge in [0.1, 0.15) is 0 Å². The van der Waals surface area contributed by atoms with Crippen molar-refractivity contribution in [2.75, 3.05) is 6.54 Å². The summed E-state index contributed by atoms with van der Waals surface area (Å²) in [4.78, 5) is 32.9. The molecule has 6 heteroatoms. The third-order valence-electron chi connectivity index (χ3n) is 2.27. The Morgan fingerprint density at radius 2 is 2.00 bits per heavy atom. The van der Waals surface area contributed by atoms with Gasteiger partial charge in [0.25, 0.3) is 0 Å². The molecule has 0 bridgehead atoms. The number of rotatable bonds is 4. The molecule has 3 amide bonds. The number of hydrogen-bond donors (Lipinski definition) is 3. The van der Waals surface area contributed by atoms with E-state index in [0.29, 0.717) is 12.1 Å². The monoisotopic (exact) mass is 251 g/mol. The van der Waals surface area contributed by atoms with Crippen LogP contribution in [-0.2, 0) is 14.4 Å². The largest absolute Gasteiger partial charge is 0.350 e. The van der Waals surface area contributed by atoms with Gasteiger partial charge in [0.2, 0.25) is 17.7 Å². The van der Waals surface area contributed by atoms with Crippen LogP contribution >= 0.6 is 0 Å². The van der Waals surface area contributed by atoms with E-state index in [2.05, 4.69) is 16.0 Å². The Labute approximate surface area is 106 Å². The third-order valence-corrected chi connectivity index (χ3v) is 2.27. The first-order valence-electron chi connectivity index (χ1n) is 5.67. The summed E-state index contributed by atoms with van der Waals surface area (Å²) < 4.78 is 0. The first kappa shape index (κ1) is 14.0. The zero-order valence-corrected chi connectivity index (χ0v) is 10.4. The molecule has 0 aromatic heterocycles. The van der Waals surface area contributed by atoms with Crippen molar-refractivity contribution >= 4 is 17.7 Å². The number of carbonyl (C=O) groups excluding carboxylic acids is 3. The van der Waals surface area contributed by atoms with Crippen molar-refractivity contribution in [3.8, 4) is 0 Å². The lowest BCUT2D eigenvalue weighted by molar-refractivity contribution is -0.124. The van der Waals surface area contributed by atoms with Crippen molar-refractivity contribution in [1.29, 1.82) is 0 Å². The summed E-state index contributed by atoms with van der Waals surface area (Å²) in [6.07, 6.45) is 6.00. The number of amides is 3. The number of carbonyl (C=O) groups is 3. The topological polar surface area (TPSA) is 87.3 Å². The first-order chi connectivity index (χ1) is 8.47. The minimum atomic E-state index is -0.279. The molecule has 1 aliphatic carbocycles. The van der Waals surface area contributed by atoms with Gasteiger partial charge in [-0.1, -0.05) is 12.2 Å². The summed E-state index contributed by atoms with van der Waals surface area (Å²) >= 11 is 0. The van der Waals surface area contributed by atoms with Crippen LogP contribution in [0.5, 0.6) is 0 Å². The maximum atomic E-state index is 11.4. The SMILES string of the molecule is CC(=O)NCC(=O)NC1=CCC(NC(C)=O)C=C1. The van der Waals surface area contributed by atoms with Crippen LogP contribution in [0, 0.1) is 0 Å². The van der Waals surface area contributed by atoms with Crippen molar-refractivity contribution in [3.05, 3.63) is 23.9 Å². The summed E-state index contributed by atoms with van der Waals surface area (Å²) in [5.74, 6) is -0.612. The van der Waals surface area contributed by atoms with Gasteiger partial charge in [0.05, 0.1) is 12.6 Å². The fraction of sp³-hybridized carbons (Fsp3) is 0.417. The van der Waals surface area contributed by atoms with Crippen LogP contribution in [-0.4, -0.2) is 30.3 Å². The predicted octanol–water partition coefficient (Wildman–Crippen LogP) is -0.413. The molecule has 18 heavy (non-hydrogen) atoms. The second-order valence-corrected chi connectivity index (χ2v) is 4.02. The molecular weight excluding hydrogens is 234 g/mol. The molecule has 3 N–H and O–H groups in total. The van der Waals surface area contributed by atoms with Crippen LogP contribution < -0.4 is 16.0 Å². The average molecular weight is 251 g/mol. The van der Waals surface area contributed by atoms with Gasteiger partial charge < -0.3 is 16.0 Å². The summed E-state index contributed by atoms with van der Waals surface area (Å²) in [5, 5.41) is 7.82. The molecule has 0 spiro atoms. The molecule has 0 saturated heterocycles. The van der Waals surface area contributed by atoms with Crippen LogP contribution in [0.15, 0.2) is 23.9 Å². The summed E-state index contributed by atoms with van der Waals surface area (Å²) in [5.41, 5.74) is 0.673. The minimum absolute atomic E-state index is 0.0292. The predicted molar refractivity (Wildman–Crippen MR) is 66.3 cm³/mol. The van der Waals surface area contributed by atoms with E-state index >= 15 is 0 Å². The van der Waals surface area contributed by atoms with E-state index in [4.69, 9.17) is 0 Å². The molecule has 1 atom stereocenters. The minimum Gasteiger partial charge on any atom is -0.350 e. The van der Waals surface area contributed by atoms with Gasteiger partial charge in [0.15, 0.2) is 0 Å². The quantitative estimate of drug-likeness (QED) is 0.634. The van der Waals surface area contributed by atoms with E-state index in [1.807, 2.05) is 12.2 Å². The molecule has 1 rings (SSSR count). The van der Waals surface area contributed by atoms with Crippen molar-refractivity contribution in [3.63, 3.8) is 0 Å². The van der Waals surface area contributed by atoms with Crippen LogP contribution in [0.25, 0.3) is 0 Å². The second-order valence-electron chi connectivity index (χ2n) is 4.02. The molecule has 0 saturated carbocycles. The Balaban J connectivity index is 2.35. The van der Waals surface area contributed by atoms with Crippen LogP contribution in [0.3, 0.4) is 0 Å². The zero-order chi connectivity index (χ0) is 13.5. The van der Waals surface area contributed by atoms with Gasteiger partial charge in [-0.3, -0.25) is 14.4 Å². The van der Waals surface area contributed by atoms with E-state index in [-0.39, 0.29) is 30.3 Å². The fourth-order valence-electron chi connectivity index (χ4n) is 1.49. The van der Waals surface area contributed by atoms with Crippen molar-refractivity contribution < 1.29 is 14.4 Å². The molecule has 1 aliphatic rings. The van der Waals surface area contributed by atoms with Crippen molar-refractivity contribution in [1.82, 2.24) is 16.0 Å². The first-order valence-corrected chi connectivity index (χ1v) is 5.67. The second kappa shape index (κ2) is 6.58. The molecule has 1 unspecified atom stereocenters. The van der Waals surface area contributed by atoms with E-state index < -0.39 is 0 Å².